The molecule has 0 amide bonds. The lowest BCUT2D eigenvalue weighted by Crippen LogP contribution is -2.11. The number of carbonyl (C=O) groups is 1. The van der Waals surface area contributed by atoms with Crippen LogP contribution in [0.15, 0.2) is 60.7 Å². The summed E-state index contributed by atoms with van der Waals surface area (Å²) in [5.74, 6) is 1.88. The summed E-state index contributed by atoms with van der Waals surface area (Å²) in [4.78, 5) is 11.5. The SMILES string of the molecule is CC(C)c1ccccc1OCCOc1ccc2ccccc2c1C=O. The lowest BCUT2D eigenvalue weighted by atomic mass is 10.0. The minimum atomic E-state index is 0.381. The average molecular weight is 334 g/mol. The Hall–Kier alpha value is -2.81. The minimum absolute atomic E-state index is 0.381. The maximum Gasteiger partial charge on any atom is 0.154 e. The minimum Gasteiger partial charge on any atom is -0.490 e. The topological polar surface area (TPSA) is 35.5 Å². The van der Waals surface area contributed by atoms with Gasteiger partial charge in [-0.1, -0.05) is 62.4 Å². The van der Waals surface area contributed by atoms with Gasteiger partial charge in [0, 0.05) is 0 Å². The lowest BCUT2D eigenvalue weighted by molar-refractivity contribution is 0.111. The Balaban J connectivity index is 1.67. The molecule has 3 heteroatoms. The van der Waals surface area contributed by atoms with Crippen LogP contribution in [0.2, 0.25) is 0 Å². The molecule has 0 saturated carbocycles. The summed E-state index contributed by atoms with van der Waals surface area (Å²) in [7, 11) is 0. The standard InChI is InChI=1S/C22H22O3/c1-16(2)18-8-5-6-10-21(18)24-13-14-25-22-12-11-17-7-3-4-9-19(17)20(22)15-23/h3-12,15-16H,13-14H2,1-2H3. The molecule has 0 heterocycles. The normalized spacial score (nSPS) is 10.8. The Kier molecular flexibility index (Phi) is 5.34. The highest BCUT2D eigenvalue weighted by Crippen LogP contribution is 2.27. The summed E-state index contributed by atoms with van der Waals surface area (Å²) in [6.07, 6.45) is 0.854. The summed E-state index contributed by atoms with van der Waals surface area (Å²) in [6.45, 7) is 5.09. The van der Waals surface area contributed by atoms with Crippen molar-refractivity contribution in [3.05, 3.63) is 71.8 Å². The third-order valence-electron chi connectivity index (χ3n) is 4.19. The van der Waals surface area contributed by atoms with Crippen molar-refractivity contribution in [2.75, 3.05) is 13.2 Å². The van der Waals surface area contributed by atoms with Gasteiger partial charge in [0.2, 0.25) is 0 Å². The average Bonchev–Trinajstić information content (AvgIpc) is 2.65. The fraction of sp³-hybridized carbons (Fsp3) is 0.227. The maximum atomic E-state index is 11.5. The number of benzene rings is 3. The van der Waals surface area contributed by atoms with Gasteiger partial charge in [-0.3, -0.25) is 4.79 Å². The molecule has 3 aromatic carbocycles. The molecule has 0 saturated heterocycles. The van der Waals surface area contributed by atoms with Gasteiger partial charge in [0.1, 0.15) is 24.7 Å². The molecule has 3 nitrogen and oxygen atoms in total. The van der Waals surface area contributed by atoms with Crippen molar-refractivity contribution in [3.8, 4) is 11.5 Å². The van der Waals surface area contributed by atoms with Crippen molar-refractivity contribution in [1.82, 2.24) is 0 Å². The molecule has 0 aliphatic carbocycles. The molecule has 3 rings (SSSR count). The molecule has 3 aromatic rings. The second-order valence-corrected chi connectivity index (χ2v) is 6.21. The number of hydrogen-bond donors (Lipinski definition) is 0. The summed E-state index contributed by atoms with van der Waals surface area (Å²) in [5.41, 5.74) is 1.77. The first-order valence-corrected chi connectivity index (χ1v) is 8.52. The number of aldehydes is 1. The molecule has 128 valence electrons. The molecular formula is C22H22O3. The van der Waals surface area contributed by atoms with Gasteiger partial charge in [0.05, 0.1) is 5.56 Å². The summed E-state index contributed by atoms with van der Waals surface area (Å²) >= 11 is 0. The van der Waals surface area contributed by atoms with Crippen molar-refractivity contribution in [2.45, 2.75) is 19.8 Å². The monoisotopic (exact) mass is 334 g/mol. The third-order valence-corrected chi connectivity index (χ3v) is 4.19. The Morgan fingerprint density at radius 1 is 0.840 bits per heavy atom. The summed E-state index contributed by atoms with van der Waals surface area (Å²) in [6, 6.07) is 19.6. The van der Waals surface area contributed by atoms with E-state index >= 15 is 0 Å². The van der Waals surface area contributed by atoms with Gasteiger partial charge in [-0.25, -0.2) is 0 Å². The van der Waals surface area contributed by atoms with E-state index in [0.717, 1.165) is 22.8 Å². The molecule has 0 spiro atoms. The Morgan fingerprint density at radius 3 is 2.28 bits per heavy atom. The number of ether oxygens (including phenoxy) is 2. The van der Waals surface area contributed by atoms with Crippen LogP contribution in [0.3, 0.4) is 0 Å². The van der Waals surface area contributed by atoms with Crippen LogP contribution < -0.4 is 9.47 Å². The maximum absolute atomic E-state index is 11.5. The fourth-order valence-corrected chi connectivity index (χ4v) is 2.92. The molecule has 0 N–H and O–H groups in total. The van der Waals surface area contributed by atoms with Crippen LogP contribution in [0.4, 0.5) is 0 Å². The molecule has 0 aliphatic heterocycles. The third kappa shape index (κ3) is 3.82. The van der Waals surface area contributed by atoms with Crippen molar-refractivity contribution in [1.29, 1.82) is 0 Å². The largest absolute Gasteiger partial charge is 0.490 e. The predicted octanol–water partition coefficient (Wildman–Crippen LogP) is 5.23. The fourth-order valence-electron chi connectivity index (χ4n) is 2.92. The molecule has 25 heavy (non-hydrogen) atoms. The number of para-hydroxylation sites is 1. The van der Waals surface area contributed by atoms with Gasteiger partial charge >= 0.3 is 0 Å². The number of hydrogen-bond acceptors (Lipinski definition) is 3. The van der Waals surface area contributed by atoms with E-state index in [0.29, 0.717) is 30.4 Å². The number of fused-ring (bicyclic) bond motifs is 1. The quantitative estimate of drug-likeness (QED) is 0.438. The van der Waals surface area contributed by atoms with E-state index in [1.54, 1.807) is 0 Å². The number of rotatable bonds is 7. The zero-order chi connectivity index (χ0) is 17.6. The van der Waals surface area contributed by atoms with Gasteiger partial charge in [-0.15, -0.1) is 0 Å². The first-order chi connectivity index (χ1) is 12.2. The van der Waals surface area contributed by atoms with Crippen LogP contribution in [-0.4, -0.2) is 19.5 Å². The van der Waals surface area contributed by atoms with Gasteiger partial charge < -0.3 is 9.47 Å². The van der Waals surface area contributed by atoms with E-state index in [4.69, 9.17) is 9.47 Å². The molecule has 0 fully saturated rings. The van der Waals surface area contributed by atoms with Crippen molar-refractivity contribution in [3.63, 3.8) is 0 Å². The highest BCUT2D eigenvalue weighted by molar-refractivity contribution is 6.00. The first kappa shape index (κ1) is 17.0. The first-order valence-electron chi connectivity index (χ1n) is 8.52. The molecule has 0 aromatic heterocycles. The smallest absolute Gasteiger partial charge is 0.154 e. The van der Waals surface area contributed by atoms with E-state index in [9.17, 15) is 4.79 Å². The zero-order valence-electron chi connectivity index (χ0n) is 14.6. The van der Waals surface area contributed by atoms with E-state index in [1.165, 1.54) is 5.56 Å². The van der Waals surface area contributed by atoms with Crippen molar-refractivity contribution < 1.29 is 14.3 Å². The number of carbonyl (C=O) groups excluding carboxylic acids is 1. The van der Waals surface area contributed by atoms with Crippen molar-refractivity contribution >= 4 is 17.1 Å². The summed E-state index contributed by atoms with van der Waals surface area (Å²) < 4.78 is 11.7. The molecule has 0 aliphatic rings. The Bertz CT molecular complexity index is 868. The second kappa shape index (κ2) is 7.84. The highest BCUT2D eigenvalue weighted by atomic mass is 16.5. The lowest BCUT2D eigenvalue weighted by Gasteiger charge is -2.15. The van der Waals surface area contributed by atoms with Gasteiger partial charge in [0.25, 0.3) is 0 Å². The van der Waals surface area contributed by atoms with E-state index in [1.807, 2.05) is 54.6 Å². The molecular weight excluding hydrogens is 312 g/mol. The van der Waals surface area contributed by atoms with E-state index < -0.39 is 0 Å². The van der Waals surface area contributed by atoms with Gasteiger partial charge in [0.15, 0.2) is 6.29 Å². The van der Waals surface area contributed by atoms with Crippen LogP contribution in [0.5, 0.6) is 11.5 Å². The molecule has 0 unspecified atom stereocenters. The molecule has 0 atom stereocenters. The van der Waals surface area contributed by atoms with Crippen LogP contribution in [0.1, 0.15) is 35.7 Å². The molecule has 0 radical (unpaired) electrons. The van der Waals surface area contributed by atoms with Crippen LogP contribution in [0.25, 0.3) is 10.8 Å². The van der Waals surface area contributed by atoms with Gasteiger partial charge in [-0.05, 0) is 34.4 Å². The van der Waals surface area contributed by atoms with Gasteiger partial charge in [-0.2, -0.15) is 0 Å². The zero-order valence-corrected chi connectivity index (χ0v) is 14.6. The second-order valence-electron chi connectivity index (χ2n) is 6.21. The van der Waals surface area contributed by atoms with E-state index in [-0.39, 0.29) is 0 Å². The summed E-state index contributed by atoms with van der Waals surface area (Å²) in [5, 5.41) is 1.93. The highest BCUT2D eigenvalue weighted by Gasteiger charge is 2.09. The van der Waals surface area contributed by atoms with Crippen LogP contribution >= 0.6 is 0 Å². The molecule has 0 bridgehead atoms. The Labute approximate surface area is 148 Å². The van der Waals surface area contributed by atoms with Crippen LogP contribution in [0, 0.1) is 0 Å². The van der Waals surface area contributed by atoms with Crippen molar-refractivity contribution in [2.24, 2.45) is 0 Å². The Morgan fingerprint density at radius 2 is 1.52 bits per heavy atom. The predicted molar refractivity (Wildman–Crippen MR) is 101 cm³/mol. The van der Waals surface area contributed by atoms with Crippen LogP contribution in [-0.2, 0) is 0 Å². The van der Waals surface area contributed by atoms with E-state index in [2.05, 4.69) is 19.9 Å².